The molecule has 0 rings (SSSR count). The molecule has 12 heavy (non-hydrogen) atoms. The summed E-state index contributed by atoms with van der Waals surface area (Å²) in [5.41, 5.74) is 0. The number of alkyl halides is 6. The number of carbonyl (C=O) groups is 1. The summed E-state index contributed by atoms with van der Waals surface area (Å²) >= 11 is 0. The van der Waals surface area contributed by atoms with E-state index in [1.54, 1.807) is 0 Å². The van der Waals surface area contributed by atoms with Gasteiger partial charge in [-0.25, -0.2) is 18.7 Å². The molecule has 0 aliphatic carbocycles. The summed E-state index contributed by atoms with van der Waals surface area (Å²) in [5, 5.41) is 9.30. The monoisotopic (exact) mass is 195 g/mol. The van der Waals surface area contributed by atoms with E-state index in [1.807, 2.05) is 0 Å². The van der Waals surface area contributed by atoms with E-state index in [-0.39, 0.29) is 0 Å². The fraction of sp³-hybridized carbons (Fsp3) is 0.750. The Bertz CT molecular complexity index is 188. The number of hydrogen-bond donors (Lipinski definition) is 0. The van der Waals surface area contributed by atoms with E-state index in [4.69, 9.17) is 0 Å². The normalized spacial score (nSPS) is 13.6. The zero-order valence-electron chi connectivity index (χ0n) is 5.16. The van der Waals surface area contributed by atoms with E-state index in [0.717, 1.165) is 0 Å². The molecule has 71 valence electrons. The molecule has 0 saturated heterocycles. The highest BCUT2D eigenvalue weighted by molar-refractivity contribution is 5.76. The molecule has 0 amide bonds. The van der Waals surface area contributed by atoms with Crippen LogP contribution in [0.15, 0.2) is 0 Å². The smallest absolute Gasteiger partial charge is 0.240 e. The van der Waals surface area contributed by atoms with Gasteiger partial charge in [0.2, 0.25) is 0 Å². The third kappa shape index (κ3) is 1.46. The maximum Gasteiger partial charge on any atom is 0.431 e. The maximum atomic E-state index is 11.7. The van der Waals surface area contributed by atoms with E-state index >= 15 is 0 Å². The quantitative estimate of drug-likeness (QED) is 0.628. The maximum absolute atomic E-state index is 11.7. The third-order valence-corrected chi connectivity index (χ3v) is 0.949. The lowest BCUT2D eigenvalue weighted by Gasteiger charge is -2.20. The van der Waals surface area contributed by atoms with Gasteiger partial charge in [0.15, 0.2) is 0 Å². The van der Waals surface area contributed by atoms with Crippen LogP contribution >= 0.6 is 0 Å². The van der Waals surface area contributed by atoms with Gasteiger partial charge >= 0.3 is 24.2 Å². The molecular formula is C4HF6O2. The van der Waals surface area contributed by atoms with E-state index in [9.17, 15) is 36.2 Å². The second-order valence-corrected chi connectivity index (χ2v) is 1.79. The summed E-state index contributed by atoms with van der Waals surface area (Å²) in [6.07, 6.45) is -4.76. The lowest BCUT2D eigenvalue weighted by atomic mass is 10.2. The minimum Gasteiger partial charge on any atom is -0.240 e. The minimum absolute atomic E-state index is 3.53. The topological polar surface area (TPSA) is 37.0 Å². The fourth-order valence-electron chi connectivity index (χ4n) is 0.273. The molecule has 2 nitrogen and oxygen atoms in total. The van der Waals surface area contributed by atoms with Crippen LogP contribution in [-0.2, 0) is 9.90 Å². The van der Waals surface area contributed by atoms with Gasteiger partial charge in [0, 0.05) is 0 Å². The van der Waals surface area contributed by atoms with E-state index in [2.05, 4.69) is 0 Å². The van der Waals surface area contributed by atoms with Crippen LogP contribution < -0.4 is 0 Å². The molecular weight excluding hydrogens is 194 g/mol. The second kappa shape index (κ2) is 2.83. The van der Waals surface area contributed by atoms with Crippen LogP contribution in [-0.4, -0.2) is 24.2 Å². The van der Waals surface area contributed by atoms with Gasteiger partial charge in [0.05, 0.1) is 0 Å². The lowest BCUT2D eigenvalue weighted by molar-refractivity contribution is -0.266. The molecule has 0 heterocycles. The highest BCUT2D eigenvalue weighted by Gasteiger charge is 2.69. The number of halogens is 6. The van der Waals surface area contributed by atoms with E-state index in [0.29, 0.717) is 0 Å². The van der Waals surface area contributed by atoms with Gasteiger partial charge in [-0.2, -0.15) is 17.6 Å². The predicted octanol–water partition coefficient (Wildman–Crippen LogP) is 1.48. The van der Waals surface area contributed by atoms with Gasteiger partial charge in [0.1, 0.15) is 0 Å². The minimum atomic E-state index is -5.91. The van der Waals surface area contributed by atoms with Crippen molar-refractivity contribution < 1.29 is 36.2 Å². The van der Waals surface area contributed by atoms with Crippen LogP contribution in [0.5, 0.6) is 0 Å². The Morgan fingerprint density at radius 2 is 1.42 bits per heavy atom. The van der Waals surface area contributed by atoms with Gasteiger partial charge in [-0.1, -0.05) is 0 Å². The van der Waals surface area contributed by atoms with Crippen LogP contribution in [0.2, 0.25) is 0 Å². The Morgan fingerprint density at radius 3 is 1.50 bits per heavy atom. The van der Waals surface area contributed by atoms with Crippen molar-refractivity contribution in [3.8, 4) is 0 Å². The van der Waals surface area contributed by atoms with Gasteiger partial charge < -0.3 is 0 Å². The Labute approximate surface area is 61.8 Å². The van der Waals surface area contributed by atoms with Crippen molar-refractivity contribution in [1.29, 1.82) is 0 Å². The van der Waals surface area contributed by atoms with Crippen LogP contribution in [0.25, 0.3) is 0 Å². The molecule has 0 aromatic rings. The zero-order valence-corrected chi connectivity index (χ0v) is 5.16. The summed E-state index contributed by atoms with van der Waals surface area (Å²) < 4.78 is 69.0. The van der Waals surface area contributed by atoms with Crippen LogP contribution in [0.3, 0.4) is 0 Å². The summed E-state index contributed by atoms with van der Waals surface area (Å²) in [6, 6.07) is 0. The van der Waals surface area contributed by atoms with Crippen LogP contribution in [0.1, 0.15) is 0 Å². The van der Waals surface area contributed by atoms with Gasteiger partial charge in [-0.05, 0) is 0 Å². The Balaban J connectivity index is 4.88. The molecule has 0 N–H and O–H groups in total. The third-order valence-electron chi connectivity index (χ3n) is 0.949. The molecule has 0 aromatic heterocycles. The van der Waals surface area contributed by atoms with Crippen molar-refractivity contribution in [3.63, 3.8) is 0 Å². The molecule has 0 saturated carbocycles. The zero-order chi connectivity index (χ0) is 10.2. The average molecular weight is 195 g/mol. The standard InChI is InChI=1S/C4HF6O2/c5-1(6)3(7,8)4(9,10)2(11)12/h1H. The van der Waals surface area contributed by atoms with Gasteiger partial charge in [-0.3, -0.25) is 0 Å². The highest BCUT2D eigenvalue weighted by atomic mass is 19.3. The lowest BCUT2D eigenvalue weighted by Crippen LogP contribution is -2.51. The first-order valence-electron chi connectivity index (χ1n) is 2.39. The van der Waals surface area contributed by atoms with Crippen molar-refractivity contribution in [3.05, 3.63) is 0 Å². The molecule has 0 aliphatic heterocycles. The van der Waals surface area contributed by atoms with Crippen molar-refractivity contribution in [2.24, 2.45) is 0 Å². The molecule has 0 unspecified atom stereocenters. The van der Waals surface area contributed by atoms with Crippen molar-refractivity contribution >= 4 is 5.97 Å². The van der Waals surface area contributed by atoms with Gasteiger partial charge in [-0.15, -0.1) is 0 Å². The molecule has 1 radical (unpaired) electrons. The Hall–Kier alpha value is -0.950. The predicted molar refractivity (Wildman–Crippen MR) is 21.6 cm³/mol. The number of hydrogen-bond acceptors (Lipinski definition) is 1. The van der Waals surface area contributed by atoms with Crippen molar-refractivity contribution in [2.45, 2.75) is 18.3 Å². The summed E-state index contributed by atoms with van der Waals surface area (Å²) in [5.74, 6) is -15.3. The Kier molecular flexibility index (Phi) is 2.61. The summed E-state index contributed by atoms with van der Waals surface area (Å²) in [7, 11) is 0. The summed E-state index contributed by atoms with van der Waals surface area (Å²) in [6.45, 7) is 0. The van der Waals surface area contributed by atoms with Crippen LogP contribution in [0, 0.1) is 0 Å². The second-order valence-electron chi connectivity index (χ2n) is 1.79. The van der Waals surface area contributed by atoms with Gasteiger partial charge in [0.25, 0.3) is 0 Å². The first-order valence-corrected chi connectivity index (χ1v) is 2.39. The fourth-order valence-corrected chi connectivity index (χ4v) is 0.273. The first kappa shape index (κ1) is 11.0. The van der Waals surface area contributed by atoms with Crippen molar-refractivity contribution in [1.82, 2.24) is 0 Å². The number of rotatable bonds is 3. The molecule has 0 atom stereocenters. The molecule has 8 heteroatoms. The molecule has 0 aromatic carbocycles. The summed E-state index contributed by atoms with van der Waals surface area (Å²) in [4.78, 5) is 9.30. The average Bonchev–Trinajstić information content (AvgIpc) is 1.86. The van der Waals surface area contributed by atoms with Crippen molar-refractivity contribution in [2.75, 3.05) is 0 Å². The SMILES string of the molecule is [O]C(=O)C(F)(F)C(F)(F)C(F)F. The molecule has 0 bridgehead atoms. The molecule has 0 spiro atoms. The van der Waals surface area contributed by atoms with Crippen LogP contribution in [0.4, 0.5) is 26.3 Å². The largest absolute Gasteiger partial charge is 0.431 e. The number of carbonyl (C=O) groups excluding carboxylic acids is 1. The van der Waals surface area contributed by atoms with E-state index in [1.165, 1.54) is 0 Å². The highest BCUT2D eigenvalue weighted by Crippen LogP contribution is 2.39. The first-order chi connectivity index (χ1) is 5.14. The van der Waals surface area contributed by atoms with E-state index < -0.39 is 24.2 Å². The molecule has 0 aliphatic rings. The molecule has 0 fully saturated rings. The Morgan fingerprint density at radius 1 is 1.08 bits per heavy atom.